The quantitative estimate of drug-likeness (QED) is 0.730. The number of thiazole rings is 1. The van der Waals surface area contributed by atoms with Crippen molar-refractivity contribution in [1.29, 1.82) is 0 Å². The predicted octanol–water partition coefficient (Wildman–Crippen LogP) is 3.61. The molecule has 0 aliphatic carbocycles. The lowest BCUT2D eigenvalue weighted by atomic mass is 10.1. The van der Waals surface area contributed by atoms with Crippen molar-refractivity contribution in [3.63, 3.8) is 0 Å². The maximum Gasteiger partial charge on any atom is 0.125 e. The highest BCUT2D eigenvalue weighted by Crippen LogP contribution is 2.25. The number of fused-ring (bicyclic) bond motifs is 1. The van der Waals surface area contributed by atoms with Crippen LogP contribution in [0, 0.1) is 12.7 Å². The standard InChI is InChI=1S/C18H17FN4S/c1-12-20-8-14-6-7-23(10-17(14)21-12)9-16-11-24-18(22-16)13-2-4-15(19)5-3-13/h2-5,8,11H,6-7,9-10H2,1H3. The zero-order valence-corrected chi connectivity index (χ0v) is 14.2. The third kappa shape index (κ3) is 3.20. The van der Waals surface area contributed by atoms with Crippen LogP contribution in [0.4, 0.5) is 4.39 Å². The largest absolute Gasteiger partial charge is 0.291 e. The zero-order chi connectivity index (χ0) is 16.5. The highest BCUT2D eigenvalue weighted by Gasteiger charge is 2.19. The van der Waals surface area contributed by atoms with Gasteiger partial charge in [0.2, 0.25) is 0 Å². The van der Waals surface area contributed by atoms with Crippen molar-refractivity contribution < 1.29 is 4.39 Å². The van der Waals surface area contributed by atoms with Gasteiger partial charge in [0.15, 0.2) is 0 Å². The number of rotatable bonds is 3. The van der Waals surface area contributed by atoms with Crippen LogP contribution in [0.1, 0.15) is 22.8 Å². The van der Waals surface area contributed by atoms with E-state index in [0.717, 1.165) is 53.8 Å². The monoisotopic (exact) mass is 340 g/mol. The summed E-state index contributed by atoms with van der Waals surface area (Å²) >= 11 is 1.60. The summed E-state index contributed by atoms with van der Waals surface area (Å²) < 4.78 is 13.0. The van der Waals surface area contributed by atoms with Crippen molar-refractivity contribution >= 4 is 11.3 Å². The highest BCUT2D eigenvalue weighted by atomic mass is 32.1. The van der Waals surface area contributed by atoms with Gasteiger partial charge in [0.1, 0.15) is 16.6 Å². The van der Waals surface area contributed by atoms with E-state index in [0.29, 0.717) is 0 Å². The van der Waals surface area contributed by atoms with E-state index >= 15 is 0 Å². The Balaban J connectivity index is 1.48. The van der Waals surface area contributed by atoms with E-state index in [4.69, 9.17) is 4.98 Å². The van der Waals surface area contributed by atoms with Gasteiger partial charge < -0.3 is 0 Å². The van der Waals surface area contributed by atoms with Gasteiger partial charge in [0, 0.05) is 36.8 Å². The fraction of sp³-hybridized carbons (Fsp3) is 0.278. The van der Waals surface area contributed by atoms with E-state index in [-0.39, 0.29) is 5.82 Å². The summed E-state index contributed by atoms with van der Waals surface area (Å²) in [6, 6.07) is 6.49. The van der Waals surface area contributed by atoms with Gasteiger partial charge in [-0.1, -0.05) is 0 Å². The first-order valence-electron chi connectivity index (χ1n) is 7.91. The molecule has 3 heterocycles. The second-order valence-electron chi connectivity index (χ2n) is 6.00. The minimum absolute atomic E-state index is 0.222. The summed E-state index contributed by atoms with van der Waals surface area (Å²) in [4.78, 5) is 15.9. The van der Waals surface area contributed by atoms with Crippen molar-refractivity contribution in [2.45, 2.75) is 26.4 Å². The zero-order valence-electron chi connectivity index (χ0n) is 13.4. The van der Waals surface area contributed by atoms with Gasteiger partial charge in [-0.05, 0) is 43.2 Å². The normalized spacial score (nSPS) is 14.6. The molecule has 3 aromatic rings. The summed E-state index contributed by atoms with van der Waals surface area (Å²) in [7, 11) is 0. The minimum atomic E-state index is -0.222. The van der Waals surface area contributed by atoms with Crippen molar-refractivity contribution in [1.82, 2.24) is 19.9 Å². The molecule has 0 bridgehead atoms. The average molecular weight is 340 g/mol. The van der Waals surface area contributed by atoms with Crippen molar-refractivity contribution in [3.8, 4) is 10.6 Å². The van der Waals surface area contributed by atoms with E-state index in [1.165, 1.54) is 17.7 Å². The van der Waals surface area contributed by atoms with Gasteiger partial charge in [0.05, 0.1) is 11.4 Å². The number of aryl methyl sites for hydroxylation is 1. The van der Waals surface area contributed by atoms with Crippen LogP contribution >= 0.6 is 11.3 Å². The maximum atomic E-state index is 13.0. The van der Waals surface area contributed by atoms with Crippen molar-refractivity contribution in [2.24, 2.45) is 0 Å². The number of nitrogens with zero attached hydrogens (tertiary/aromatic N) is 4. The Labute approximate surface area is 144 Å². The van der Waals surface area contributed by atoms with Gasteiger partial charge in [-0.25, -0.2) is 19.3 Å². The summed E-state index contributed by atoms with van der Waals surface area (Å²) in [5.74, 6) is 0.600. The van der Waals surface area contributed by atoms with Crippen LogP contribution in [0.5, 0.6) is 0 Å². The first-order valence-corrected chi connectivity index (χ1v) is 8.79. The van der Waals surface area contributed by atoms with Crippen molar-refractivity contribution in [3.05, 3.63) is 64.4 Å². The fourth-order valence-electron chi connectivity index (χ4n) is 2.93. The van der Waals surface area contributed by atoms with Crippen molar-refractivity contribution in [2.75, 3.05) is 6.54 Å². The topological polar surface area (TPSA) is 41.9 Å². The van der Waals surface area contributed by atoms with E-state index in [9.17, 15) is 4.39 Å². The molecule has 0 saturated heterocycles. The molecule has 1 aromatic carbocycles. The SMILES string of the molecule is Cc1ncc2c(n1)CN(Cc1csc(-c3ccc(F)cc3)n1)CC2. The summed E-state index contributed by atoms with van der Waals surface area (Å²) in [6.07, 6.45) is 2.93. The highest BCUT2D eigenvalue weighted by molar-refractivity contribution is 7.13. The molecule has 0 amide bonds. The Morgan fingerprint density at radius 1 is 1.21 bits per heavy atom. The first-order chi connectivity index (χ1) is 11.7. The van der Waals surface area contributed by atoms with Crippen LogP contribution in [0.15, 0.2) is 35.8 Å². The predicted molar refractivity (Wildman–Crippen MR) is 92.1 cm³/mol. The molecule has 2 aromatic heterocycles. The lowest BCUT2D eigenvalue weighted by Gasteiger charge is -2.27. The lowest BCUT2D eigenvalue weighted by Crippen LogP contribution is -2.31. The van der Waals surface area contributed by atoms with E-state index < -0.39 is 0 Å². The Morgan fingerprint density at radius 2 is 2.04 bits per heavy atom. The summed E-state index contributed by atoms with van der Waals surface area (Å²) in [5, 5.41) is 3.01. The van der Waals surface area contributed by atoms with Crippen LogP contribution in [0.2, 0.25) is 0 Å². The van der Waals surface area contributed by atoms with E-state index in [2.05, 4.69) is 20.2 Å². The van der Waals surface area contributed by atoms with Crippen LogP contribution in [-0.4, -0.2) is 26.4 Å². The van der Waals surface area contributed by atoms with Crippen LogP contribution in [0.25, 0.3) is 10.6 Å². The van der Waals surface area contributed by atoms with E-state index in [1.54, 1.807) is 23.5 Å². The third-order valence-corrected chi connectivity index (χ3v) is 5.11. The number of hydrogen-bond acceptors (Lipinski definition) is 5. The molecule has 6 heteroatoms. The lowest BCUT2D eigenvalue weighted by molar-refractivity contribution is 0.238. The van der Waals surface area contributed by atoms with Gasteiger partial charge >= 0.3 is 0 Å². The summed E-state index contributed by atoms with van der Waals surface area (Å²) in [5.41, 5.74) is 4.39. The van der Waals surface area contributed by atoms with E-state index in [1.807, 2.05) is 13.1 Å². The van der Waals surface area contributed by atoms with Gasteiger partial charge in [0.25, 0.3) is 0 Å². The molecule has 0 unspecified atom stereocenters. The Kier molecular flexibility index (Phi) is 4.08. The number of halogens is 1. The van der Waals surface area contributed by atoms with Crippen LogP contribution in [0.3, 0.4) is 0 Å². The number of aromatic nitrogens is 3. The smallest absolute Gasteiger partial charge is 0.125 e. The molecule has 0 N–H and O–H groups in total. The molecule has 1 aliphatic heterocycles. The molecular weight excluding hydrogens is 323 g/mol. The second-order valence-corrected chi connectivity index (χ2v) is 6.86. The molecule has 24 heavy (non-hydrogen) atoms. The second kappa shape index (κ2) is 6.37. The molecule has 1 aliphatic rings. The Bertz CT molecular complexity index is 860. The minimum Gasteiger partial charge on any atom is -0.291 e. The van der Waals surface area contributed by atoms with Crippen LogP contribution < -0.4 is 0 Å². The third-order valence-electron chi connectivity index (χ3n) is 4.17. The molecule has 122 valence electrons. The molecule has 4 rings (SSSR count). The maximum absolute atomic E-state index is 13.0. The molecule has 0 radical (unpaired) electrons. The number of benzene rings is 1. The molecule has 0 atom stereocenters. The number of hydrogen-bond donors (Lipinski definition) is 0. The van der Waals surface area contributed by atoms with Crippen LogP contribution in [-0.2, 0) is 19.5 Å². The molecular formula is C18H17FN4S. The Hall–Kier alpha value is -2.18. The van der Waals surface area contributed by atoms with Gasteiger partial charge in [-0.3, -0.25) is 4.90 Å². The molecule has 0 spiro atoms. The van der Waals surface area contributed by atoms with Gasteiger partial charge in [-0.15, -0.1) is 11.3 Å². The first kappa shape index (κ1) is 15.4. The average Bonchev–Trinajstić information content (AvgIpc) is 3.03. The fourth-order valence-corrected chi connectivity index (χ4v) is 3.74. The summed E-state index contributed by atoms with van der Waals surface area (Å²) in [6.45, 7) is 4.56. The Morgan fingerprint density at radius 3 is 2.88 bits per heavy atom. The molecule has 4 nitrogen and oxygen atoms in total. The molecule has 0 fully saturated rings. The van der Waals surface area contributed by atoms with Gasteiger partial charge in [-0.2, -0.15) is 0 Å². The molecule has 0 saturated carbocycles.